The third-order valence-electron chi connectivity index (χ3n) is 5.11. The highest BCUT2D eigenvalue weighted by Gasteiger charge is 2.25. The van der Waals surface area contributed by atoms with Gasteiger partial charge in [-0.05, 0) is 31.4 Å². The van der Waals surface area contributed by atoms with Crippen LogP contribution in [0.1, 0.15) is 19.3 Å². The Morgan fingerprint density at radius 3 is 2.60 bits per heavy atom. The number of carbonyl (C=O) groups is 1. The van der Waals surface area contributed by atoms with Gasteiger partial charge in [0.15, 0.2) is 5.96 Å². The molecule has 1 aromatic carbocycles. The summed E-state index contributed by atoms with van der Waals surface area (Å²) in [5, 5.41) is 6.47. The number of amides is 1. The van der Waals surface area contributed by atoms with Gasteiger partial charge in [-0.15, -0.1) is 24.0 Å². The molecule has 1 saturated heterocycles. The zero-order chi connectivity index (χ0) is 20.5. The number of aliphatic imine (C=N–C) groups is 1. The SMILES string of the molecule is CN=C(NCCCOc1cccc(OC)c1)N1CCN(CC(=O)NC2CC2)CC1.I. The van der Waals surface area contributed by atoms with E-state index in [1.165, 1.54) is 0 Å². The first-order chi connectivity index (χ1) is 14.2. The molecule has 30 heavy (non-hydrogen) atoms. The number of methoxy groups -OCH3 is 1. The van der Waals surface area contributed by atoms with Crippen LogP contribution in [0.3, 0.4) is 0 Å². The summed E-state index contributed by atoms with van der Waals surface area (Å²) < 4.78 is 11.0. The van der Waals surface area contributed by atoms with Crippen molar-refractivity contribution >= 4 is 35.8 Å². The molecule has 3 rings (SSSR count). The summed E-state index contributed by atoms with van der Waals surface area (Å²) in [5.74, 6) is 2.67. The van der Waals surface area contributed by atoms with Gasteiger partial charge in [-0.25, -0.2) is 0 Å². The normalized spacial score (nSPS) is 17.1. The van der Waals surface area contributed by atoms with Crippen molar-refractivity contribution in [1.29, 1.82) is 0 Å². The Morgan fingerprint density at radius 2 is 1.93 bits per heavy atom. The van der Waals surface area contributed by atoms with Crippen LogP contribution in [-0.4, -0.2) is 87.7 Å². The number of ether oxygens (including phenoxy) is 2. The predicted molar refractivity (Wildman–Crippen MR) is 129 cm³/mol. The van der Waals surface area contributed by atoms with Crippen LogP contribution in [0.4, 0.5) is 0 Å². The molecule has 1 saturated carbocycles. The minimum atomic E-state index is 0. The molecule has 8 nitrogen and oxygen atoms in total. The fourth-order valence-corrected chi connectivity index (χ4v) is 3.31. The first kappa shape index (κ1) is 24.5. The maximum Gasteiger partial charge on any atom is 0.234 e. The Kier molecular flexibility index (Phi) is 10.5. The highest BCUT2D eigenvalue weighted by Crippen LogP contribution is 2.19. The number of carbonyl (C=O) groups excluding carboxylic acids is 1. The summed E-state index contributed by atoms with van der Waals surface area (Å²) in [7, 11) is 3.46. The van der Waals surface area contributed by atoms with Crippen molar-refractivity contribution in [3.63, 3.8) is 0 Å². The molecule has 2 N–H and O–H groups in total. The summed E-state index contributed by atoms with van der Waals surface area (Å²) in [6.07, 6.45) is 3.13. The molecular weight excluding hydrogens is 497 g/mol. The summed E-state index contributed by atoms with van der Waals surface area (Å²) in [6, 6.07) is 8.07. The largest absolute Gasteiger partial charge is 0.497 e. The van der Waals surface area contributed by atoms with Crippen LogP contribution in [-0.2, 0) is 4.79 Å². The van der Waals surface area contributed by atoms with Gasteiger partial charge >= 0.3 is 0 Å². The molecule has 1 aromatic rings. The minimum absolute atomic E-state index is 0. The van der Waals surface area contributed by atoms with E-state index in [0.29, 0.717) is 19.2 Å². The second-order valence-corrected chi connectivity index (χ2v) is 7.46. The maximum atomic E-state index is 12.0. The van der Waals surface area contributed by atoms with Gasteiger partial charge in [-0.1, -0.05) is 6.07 Å². The molecule has 1 aliphatic carbocycles. The van der Waals surface area contributed by atoms with Crippen molar-refractivity contribution in [3.8, 4) is 11.5 Å². The second kappa shape index (κ2) is 12.8. The molecule has 168 valence electrons. The van der Waals surface area contributed by atoms with E-state index in [1.54, 1.807) is 7.11 Å². The van der Waals surface area contributed by atoms with E-state index < -0.39 is 0 Å². The minimum Gasteiger partial charge on any atom is -0.497 e. The van der Waals surface area contributed by atoms with Crippen LogP contribution in [0.15, 0.2) is 29.3 Å². The van der Waals surface area contributed by atoms with E-state index in [2.05, 4.69) is 25.4 Å². The molecule has 9 heteroatoms. The Morgan fingerprint density at radius 1 is 1.20 bits per heavy atom. The quantitative estimate of drug-likeness (QED) is 0.218. The number of guanidine groups is 1. The van der Waals surface area contributed by atoms with Gasteiger partial charge in [0, 0.05) is 51.9 Å². The molecule has 1 amide bonds. The van der Waals surface area contributed by atoms with E-state index in [0.717, 1.165) is 69.4 Å². The van der Waals surface area contributed by atoms with Gasteiger partial charge in [0.25, 0.3) is 0 Å². The van der Waals surface area contributed by atoms with Crippen molar-refractivity contribution < 1.29 is 14.3 Å². The standard InChI is InChI=1S/C21H33N5O3.HI/c1-22-21(23-9-4-14-29-19-6-3-5-18(15-19)28-2)26-12-10-25(11-13-26)16-20(27)24-17-7-8-17;/h3,5-6,15,17H,4,7-14,16H2,1-2H3,(H,22,23)(H,24,27);1H. The average Bonchev–Trinajstić information content (AvgIpc) is 3.55. The molecular formula is C21H34IN5O3. The highest BCUT2D eigenvalue weighted by atomic mass is 127. The molecule has 0 radical (unpaired) electrons. The van der Waals surface area contributed by atoms with E-state index in [4.69, 9.17) is 9.47 Å². The van der Waals surface area contributed by atoms with Crippen molar-refractivity contribution in [2.45, 2.75) is 25.3 Å². The number of nitrogens with one attached hydrogen (secondary N) is 2. The van der Waals surface area contributed by atoms with Gasteiger partial charge in [-0.3, -0.25) is 14.7 Å². The number of nitrogens with zero attached hydrogens (tertiary/aromatic N) is 3. The summed E-state index contributed by atoms with van der Waals surface area (Å²) in [6.45, 7) is 5.41. The number of rotatable bonds is 9. The second-order valence-electron chi connectivity index (χ2n) is 7.46. The zero-order valence-corrected chi connectivity index (χ0v) is 20.3. The van der Waals surface area contributed by atoms with Crippen LogP contribution >= 0.6 is 24.0 Å². The Labute approximate surface area is 196 Å². The van der Waals surface area contributed by atoms with Crippen LogP contribution in [0.5, 0.6) is 11.5 Å². The monoisotopic (exact) mass is 531 g/mol. The molecule has 0 unspecified atom stereocenters. The van der Waals surface area contributed by atoms with Crippen molar-refractivity contribution in [2.24, 2.45) is 4.99 Å². The average molecular weight is 531 g/mol. The fourth-order valence-electron chi connectivity index (χ4n) is 3.31. The molecule has 0 aromatic heterocycles. The van der Waals surface area contributed by atoms with Crippen LogP contribution < -0.4 is 20.1 Å². The Balaban J connectivity index is 0.00000320. The molecule has 0 atom stereocenters. The van der Waals surface area contributed by atoms with E-state index in [1.807, 2.05) is 31.3 Å². The molecule has 1 aliphatic heterocycles. The fraction of sp³-hybridized carbons (Fsp3) is 0.619. The zero-order valence-electron chi connectivity index (χ0n) is 17.9. The van der Waals surface area contributed by atoms with Gasteiger partial charge in [0.2, 0.25) is 5.91 Å². The first-order valence-electron chi connectivity index (χ1n) is 10.4. The van der Waals surface area contributed by atoms with Gasteiger partial charge < -0.3 is 25.0 Å². The van der Waals surface area contributed by atoms with Crippen molar-refractivity contribution in [1.82, 2.24) is 20.4 Å². The summed E-state index contributed by atoms with van der Waals surface area (Å²) in [5.41, 5.74) is 0. The third-order valence-corrected chi connectivity index (χ3v) is 5.11. The summed E-state index contributed by atoms with van der Waals surface area (Å²) >= 11 is 0. The number of halogens is 1. The molecule has 1 heterocycles. The predicted octanol–water partition coefficient (Wildman–Crippen LogP) is 1.55. The van der Waals surface area contributed by atoms with Gasteiger partial charge in [0.05, 0.1) is 20.3 Å². The Hall–Kier alpha value is -1.75. The lowest BCUT2D eigenvalue weighted by atomic mass is 10.3. The highest BCUT2D eigenvalue weighted by molar-refractivity contribution is 14.0. The van der Waals surface area contributed by atoms with Crippen molar-refractivity contribution in [2.75, 3.05) is 60.0 Å². The smallest absolute Gasteiger partial charge is 0.234 e. The number of hydrogen-bond acceptors (Lipinski definition) is 5. The lowest BCUT2D eigenvalue weighted by Gasteiger charge is -2.36. The molecule has 0 bridgehead atoms. The van der Waals surface area contributed by atoms with Gasteiger partial charge in [0.1, 0.15) is 11.5 Å². The van der Waals surface area contributed by atoms with E-state index in [-0.39, 0.29) is 29.9 Å². The Bertz CT molecular complexity index is 691. The van der Waals surface area contributed by atoms with E-state index in [9.17, 15) is 4.79 Å². The van der Waals surface area contributed by atoms with Crippen LogP contribution in [0.2, 0.25) is 0 Å². The topological polar surface area (TPSA) is 78.4 Å². The number of hydrogen-bond donors (Lipinski definition) is 2. The third kappa shape index (κ3) is 8.17. The van der Waals surface area contributed by atoms with Crippen LogP contribution in [0, 0.1) is 0 Å². The van der Waals surface area contributed by atoms with E-state index >= 15 is 0 Å². The molecule has 2 fully saturated rings. The lowest BCUT2D eigenvalue weighted by molar-refractivity contribution is -0.122. The first-order valence-corrected chi connectivity index (χ1v) is 10.4. The van der Waals surface area contributed by atoms with Crippen LogP contribution in [0.25, 0.3) is 0 Å². The summed E-state index contributed by atoms with van der Waals surface area (Å²) in [4.78, 5) is 20.8. The van der Waals surface area contributed by atoms with Crippen molar-refractivity contribution in [3.05, 3.63) is 24.3 Å². The number of benzene rings is 1. The number of piperazine rings is 1. The lowest BCUT2D eigenvalue weighted by Crippen LogP contribution is -2.54. The molecule has 2 aliphatic rings. The van der Waals surface area contributed by atoms with Gasteiger partial charge in [-0.2, -0.15) is 0 Å². The maximum absolute atomic E-state index is 12.0. The molecule has 0 spiro atoms.